The summed E-state index contributed by atoms with van der Waals surface area (Å²) in [6.45, 7) is 16.2. The third-order valence-corrected chi connectivity index (χ3v) is 5.27. The number of ether oxygens (including phenoxy) is 2. The van der Waals surface area contributed by atoms with Gasteiger partial charge in [0.2, 0.25) is 0 Å². The SMILES string of the molecule is CCC(CC)(c1ccc(OC(=O)C(C)(C)C)cc1)c1ccc(OC(C)(C)C)cc1. The van der Waals surface area contributed by atoms with E-state index in [4.69, 9.17) is 9.47 Å². The maximum absolute atomic E-state index is 12.1. The minimum absolute atomic E-state index is 0.0904. The molecule has 2 rings (SSSR count). The van der Waals surface area contributed by atoms with Crippen LogP contribution in [0.4, 0.5) is 0 Å². The molecule has 0 fully saturated rings. The van der Waals surface area contributed by atoms with E-state index in [2.05, 4.69) is 71.0 Å². The minimum Gasteiger partial charge on any atom is -0.488 e. The standard InChI is InChI=1S/C26H36O3/c1-9-26(10-2,20-13-17-22(18-14-20)29-25(6,7)8)19-11-15-21(16-12-19)28-23(27)24(3,4)5/h11-18H,9-10H2,1-8H3. The zero-order valence-electron chi connectivity index (χ0n) is 19.3. The number of rotatable bonds is 6. The zero-order chi connectivity index (χ0) is 21.9. The molecule has 158 valence electrons. The Morgan fingerprint density at radius 3 is 1.48 bits per heavy atom. The molecule has 0 heterocycles. The van der Waals surface area contributed by atoms with Crippen molar-refractivity contribution in [3.05, 3.63) is 59.7 Å². The van der Waals surface area contributed by atoms with Crippen molar-refractivity contribution in [2.75, 3.05) is 0 Å². The summed E-state index contributed by atoms with van der Waals surface area (Å²) in [6, 6.07) is 16.4. The van der Waals surface area contributed by atoms with E-state index >= 15 is 0 Å². The number of carbonyl (C=O) groups excluding carboxylic acids is 1. The Kier molecular flexibility index (Phi) is 6.82. The van der Waals surface area contributed by atoms with Gasteiger partial charge in [-0.25, -0.2) is 0 Å². The second-order valence-electron chi connectivity index (χ2n) is 9.69. The van der Waals surface area contributed by atoms with Crippen LogP contribution in [0, 0.1) is 5.41 Å². The molecule has 2 aromatic rings. The molecule has 0 spiro atoms. The molecule has 0 saturated heterocycles. The van der Waals surface area contributed by atoms with Gasteiger partial charge in [0.05, 0.1) is 5.41 Å². The molecule has 0 radical (unpaired) electrons. The first kappa shape index (κ1) is 23.0. The third kappa shape index (κ3) is 5.62. The van der Waals surface area contributed by atoms with Crippen molar-refractivity contribution in [1.29, 1.82) is 0 Å². The second kappa shape index (κ2) is 8.61. The van der Waals surface area contributed by atoms with Crippen molar-refractivity contribution in [2.24, 2.45) is 5.41 Å². The van der Waals surface area contributed by atoms with Gasteiger partial charge in [-0.3, -0.25) is 4.79 Å². The number of hydrogen-bond donors (Lipinski definition) is 0. The number of benzene rings is 2. The average molecular weight is 397 g/mol. The Morgan fingerprint density at radius 1 is 0.724 bits per heavy atom. The van der Waals surface area contributed by atoms with Gasteiger partial charge in [0.1, 0.15) is 17.1 Å². The molecule has 3 heteroatoms. The highest BCUT2D eigenvalue weighted by Crippen LogP contribution is 2.40. The fraction of sp³-hybridized carbons (Fsp3) is 0.500. The lowest BCUT2D eigenvalue weighted by Crippen LogP contribution is -2.27. The molecule has 0 amide bonds. The van der Waals surface area contributed by atoms with Crippen molar-refractivity contribution in [3.63, 3.8) is 0 Å². The molecule has 0 aliphatic rings. The summed E-state index contributed by atoms with van der Waals surface area (Å²) < 4.78 is 11.5. The lowest BCUT2D eigenvalue weighted by molar-refractivity contribution is -0.143. The zero-order valence-corrected chi connectivity index (χ0v) is 19.3. The smallest absolute Gasteiger partial charge is 0.316 e. The fourth-order valence-corrected chi connectivity index (χ4v) is 3.53. The molecule has 0 N–H and O–H groups in total. The number of esters is 1. The molecule has 0 unspecified atom stereocenters. The summed E-state index contributed by atoms with van der Waals surface area (Å²) in [7, 11) is 0. The Bertz CT molecular complexity index is 799. The molecule has 0 atom stereocenters. The second-order valence-corrected chi connectivity index (χ2v) is 9.69. The van der Waals surface area contributed by atoms with Crippen LogP contribution in [0.2, 0.25) is 0 Å². The van der Waals surface area contributed by atoms with E-state index in [-0.39, 0.29) is 17.0 Å². The minimum atomic E-state index is -0.522. The molecule has 0 bridgehead atoms. The highest BCUT2D eigenvalue weighted by Gasteiger charge is 2.31. The van der Waals surface area contributed by atoms with Crippen LogP contribution >= 0.6 is 0 Å². The van der Waals surface area contributed by atoms with Crippen molar-refractivity contribution >= 4 is 5.97 Å². The first-order valence-corrected chi connectivity index (χ1v) is 10.5. The normalized spacial score (nSPS) is 12.6. The molecule has 0 aliphatic heterocycles. The average Bonchev–Trinajstić information content (AvgIpc) is 2.63. The van der Waals surface area contributed by atoms with E-state index in [1.165, 1.54) is 11.1 Å². The summed E-state index contributed by atoms with van der Waals surface area (Å²) >= 11 is 0. The van der Waals surface area contributed by atoms with Gasteiger partial charge < -0.3 is 9.47 Å². The molecular formula is C26H36O3. The molecule has 0 aliphatic carbocycles. The Hall–Kier alpha value is -2.29. The largest absolute Gasteiger partial charge is 0.488 e. The van der Waals surface area contributed by atoms with Crippen LogP contribution in [-0.4, -0.2) is 11.6 Å². The van der Waals surface area contributed by atoms with Crippen LogP contribution in [0.1, 0.15) is 79.4 Å². The fourth-order valence-electron chi connectivity index (χ4n) is 3.53. The number of hydrogen-bond acceptors (Lipinski definition) is 3. The monoisotopic (exact) mass is 396 g/mol. The highest BCUT2D eigenvalue weighted by molar-refractivity contribution is 5.77. The van der Waals surface area contributed by atoms with E-state index in [1.54, 1.807) is 0 Å². The lowest BCUT2D eigenvalue weighted by Gasteiger charge is -2.33. The first-order valence-electron chi connectivity index (χ1n) is 10.5. The van der Waals surface area contributed by atoms with Gasteiger partial charge in [-0.15, -0.1) is 0 Å². The van der Waals surface area contributed by atoms with E-state index in [9.17, 15) is 4.79 Å². The topological polar surface area (TPSA) is 35.5 Å². The van der Waals surface area contributed by atoms with Crippen molar-refractivity contribution in [1.82, 2.24) is 0 Å². The third-order valence-electron chi connectivity index (χ3n) is 5.27. The summed E-state index contributed by atoms with van der Waals surface area (Å²) in [4.78, 5) is 12.1. The molecule has 0 aromatic heterocycles. The quantitative estimate of drug-likeness (QED) is 0.392. The van der Waals surface area contributed by atoms with E-state index in [0.717, 1.165) is 18.6 Å². The van der Waals surface area contributed by atoms with Gasteiger partial charge in [0.15, 0.2) is 0 Å². The summed E-state index contributed by atoms with van der Waals surface area (Å²) in [5.74, 6) is 1.24. The maximum Gasteiger partial charge on any atom is 0.316 e. The van der Waals surface area contributed by atoms with Gasteiger partial charge in [-0.2, -0.15) is 0 Å². The molecule has 29 heavy (non-hydrogen) atoms. The summed E-state index contributed by atoms with van der Waals surface area (Å²) in [5.41, 5.74) is 1.67. The van der Waals surface area contributed by atoms with Gasteiger partial charge in [-0.05, 0) is 89.8 Å². The van der Waals surface area contributed by atoms with E-state index < -0.39 is 5.41 Å². The van der Waals surface area contributed by atoms with Crippen molar-refractivity contribution < 1.29 is 14.3 Å². The van der Waals surface area contributed by atoms with Crippen LogP contribution < -0.4 is 9.47 Å². The van der Waals surface area contributed by atoms with Crippen LogP contribution in [-0.2, 0) is 10.2 Å². The Balaban J connectivity index is 2.31. The van der Waals surface area contributed by atoms with Crippen molar-refractivity contribution in [3.8, 4) is 11.5 Å². The predicted molar refractivity (Wildman–Crippen MR) is 120 cm³/mol. The molecular weight excluding hydrogens is 360 g/mol. The van der Waals surface area contributed by atoms with Crippen LogP contribution in [0.3, 0.4) is 0 Å². The van der Waals surface area contributed by atoms with Gasteiger partial charge in [0.25, 0.3) is 0 Å². The Morgan fingerprint density at radius 2 is 1.14 bits per heavy atom. The van der Waals surface area contributed by atoms with E-state index in [0.29, 0.717) is 5.75 Å². The maximum atomic E-state index is 12.1. The van der Waals surface area contributed by atoms with Crippen LogP contribution in [0.25, 0.3) is 0 Å². The van der Waals surface area contributed by atoms with Crippen LogP contribution in [0.15, 0.2) is 48.5 Å². The Labute approximate surface area is 176 Å². The molecule has 2 aromatic carbocycles. The van der Waals surface area contributed by atoms with Crippen molar-refractivity contribution in [2.45, 2.75) is 79.2 Å². The van der Waals surface area contributed by atoms with E-state index in [1.807, 2.05) is 32.9 Å². The highest BCUT2D eigenvalue weighted by atomic mass is 16.5. The van der Waals surface area contributed by atoms with Gasteiger partial charge in [-0.1, -0.05) is 38.1 Å². The number of carbonyl (C=O) groups is 1. The predicted octanol–water partition coefficient (Wildman–Crippen LogP) is 6.92. The summed E-state index contributed by atoms with van der Waals surface area (Å²) in [6.07, 6.45) is 1.95. The lowest BCUT2D eigenvalue weighted by atomic mass is 9.70. The first-order chi connectivity index (χ1) is 13.4. The summed E-state index contributed by atoms with van der Waals surface area (Å²) in [5, 5.41) is 0. The van der Waals surface area contributed by atoms with Gasteiger partial charge >= 0.3 is 5.97 Å². The molecule has 0 saturated carbocycles. The van der Waals surface area contributed by atoms with Gasteiger partial charge in [0, 0.05) is 5.41 Å². The van der Waals surface area contributed by atoms with Crippen LogP contribution in [0.5, 0.6) is 11.5 Å². The molecule has 3 nitrogen and oxygen atoms in total.